The summed E-state index contributed by atoms with van der Waals surface area (Å²) in [4.78, 5) is 0. The van der Waals surface area contributed by atoms with E-state index in [2.05, 4.69) is 19.9 Å². The van der Waals surface area contributed by atoms with Gasteiger partial charge in [-0.1, -0.05) is 38.3 Å². The average molecular weight is 141 g/mol. The Balaban J connectivity index is 3.60. The van der Waals surface area contributed by atoms with Crippen molar-refractivity contribution in [3.05, 3.63) is 11.6 Å². The van der Waals surface area contributed by atoms with Crippen molar-refractivity contribution in [3.8, 4) is 0 Å². The number of hydrogen-bond acceptors (Lipinski definition) is 1. The van der Waals surface area contributed by atoms with E-state index >= 15 is 0 Å². The van der Waals surface area contributed by atoms with Crippen molar-refractivity contribution in [1.82, 2.24) is 0 Å². The van der Waals surface area contributed by atoms with Gasteiger partial charge in [-0.25, -0.2) is 0 Å². The fourth-order valence-electron chi connectivity index (χ4n) is 1.14. The Morgan fingerprint density at radius 2 is 1.70 bits per heavy atom. The first-order valence-corrected chi connectivity index (χ1v) is 4.23. The van der Waals surface area contributed by atoms with E-state index in [9.17, 15) is 0 Å². The third kappa shape index (κ3) is 4.57. The predicted molar refractivity (Wildman–Crippen MR) is 47.0 cm³/mol. The molecule has 0 amide bonds. The molecule has 0 aromatic carbocycles. The number of allylic oxidation sites excluding steroid dienone is 1. The van der Waals surface area contributed by atoms with E-state index in [0.717, 1.165) is 0 Å². The average Bonchev–Trinajstić information content (AvgIpc) is 1.90. The molecule has 0 aromatic rings. The molecule has 0 spiro atoms. The predicted octanol–water partition coefficient (Wildman–Crippen LogP) is 2.47. The second kappa shape index (κ2) is 6.81. The maximum absolute atomic E-state index is 5.41. The smallest absolute Gasteiger partial charge is 0.0109 e. The highest BCUT2D eigenvalue weighted by molar-refractivity contribution is 5.01. The molecule has 0 saturated heterocycles. The lowest BCUT2D eigenvalue weighted by Crippen LogP contribution is -1.96. The standard InChI is InChI=1S/C9H19N/c1-3-5-9(6-4-2)7-8-10/h7H,3-6,8,10H2,1-2H3. The Bertz CT molecular complexity index is 86.9. The molecule has 0 atom stereocenters. The van der Waals surface area contributed by atoms with Crippen LogP contribution >= 0.6 is 0 Å². The molecule has 0 aliphatic heterocycles. The van der Waals surface area contributed by atoms with Crippen molar-refractivity contribution in [3.63, 3.8) is 0 Å². The summed E-state index contributed by atoms with van der Waals surface area (Å²) in [5.74, 6) is 0. The fourth-order valence-corrected chi connectivity index (χ4v) is 1.14. The molecule has 1 nitrogen and oxygen atoms in total. The van der Waals surface area contributed by atoms with Gasteiger partial charge in [0.05, 0.1) is 0 Å². The minimum absolute atomic E-state index is 0.704. The van der Waals surface area contributed by atoms with Gasteiger partial charge in [0.15, 0.2) is 0 Å². The summed E-state index contributed by atoms with van der Waals surface area (Å²) in [6, 6.07) is 0. The highest BCUT2D eigenvalue weighted by Crippen LogP contribution is 2.10. The van der Waals surface area contributed by atoms with Gasteiger partial charge < -0.3 is 5.73 Å². The third-order valence-electron chi connectivity index (χ3n) is 1.55. The Morgan fingerprint density at radius 3 is 2.00 bits per heavy atom. The van der Waals surface area contributed by atoms with E-state index < -0.39 is 0 Å². The summed E-state index contributed by atoms with van der Waals surface area (Å²) < 4.78 is 0. The van der Waals surface area contributed by atoms with Crippen LogP contribution in [0.1, 0.15) is 39.5 Å². The summed E-state index contributed by atoms with van der Waals surface area (Å²) in [7, 11) is 0. The molecule has 0 aliphatic carbocycles. The first kappa shape index (κ1) is 9.70. The van der Waals surface area contributed by atoms with E-state index in [1.165, 1.54) is 31.3 Å². The monoisotopic (exact) mass is 141 g/mol. The zero-order valence-corrected chi connectivity index (χ0v) is 7.19. The molecule has 0 fully saturated rings. The van der Waals surface area contributed by atoms with Crippen LogP contribution in [0.3, 0.4) is 0 Å². The van der Waals surface area contributed by atoms with Gasteiger partial charge in [-0.05, 0) is 12.8 Å². The molecular weight excluding hydrogens is 122 g/mol. The molecule has 0 heterocycles. The van der Waals surface area contributed by atoms with Gasteiger partial charge in [0.2, 0.25) is 0 Å². The first-order valence-electron chi connectivity index (χ1n) is 4.23. The fraction of sp³-hybridized carbons (Fsp3) is 0.778. The molecular formula is C9H19N. The Kier molecular flexibility index (Phi) is 6.61. The number of nitrogens with two attached hydrogens (primary N) is 1. The van der Waals surface area contributed by atoms with Crippen molar-refractivity contribution >= 4 is 0 Å². The highest BCUT2D eigenvalue weighted by Gasteiger charge is 1.91. The van der Waals surface area contributed by atoms with E-state index in [1.54, 1.807) is 0 Å². The lowest BCUT2D eigenvalue weighted by molar-refractivity contribution is 0.798. The lowest BCUT2D eigenvalue weighted by atomic mass is 10.1. The minimum Gasteiger partial charge on any atom is -0.327 e. The number of hydrogen-bond donors (Lipinski definition) is 1. The Hall–Kier alpha value is -0.300. The molecule has 0 saturated carbocycles. The lowest BCUT2D eigenvalue weighted by Gasteiger charge is -2.02. The Morgan fingerprint density at radius 1 is 1.20 bits per heavy atom. The van der Waals surface area contributed by atoms with Crippen LogP contribution in [-0.2, 0) is 0 Å². The zero-order valence-electron chi connectivity index (χ0n) is 7.19. The van der Waals surface area contributed by atoms with Crippen molar-refractivity contribution < 1.29 is 0 Å². The maximum Gasteiger partial charge on any atom is 0.0109 e. The van der Waals surface area contributed by atoms with Crippen LogP contribution in [0, 0.1) is 0 Å². The van der Waals surface area contributed by atoms with Crippen molar-refractivity contribution in [2.24, 2.45) is 5.73 Å². The second-order valence-corrected chi connectivity index (χ2v) is 2.60. The zero-order chi connectivity index (χ0) is 7.82. The van der Waals surface area contributed by atoms with Gasteiger partial charge in [-0.2, -0.15) is 0 Å². The molecule has 0 radical (unpaired) electrons. The van der Waals surface area contributed by atoms with Crippen molar-refractivity contribution in [2.75, 3.05) is 6.54 Å². The molecule has 0 unspecified atom stereocenters. The molecule has 0 aliphatic rings. The van der Waals surface area contributed by atoms with Crippen LogP contribution < -0.4 is 5.73 Å². The highest BCUT2D eigenvalue weighted by atomic mass is 14.5. The van der Waals surface area contributed by atoms with E-state index in [-0.39, 0.29) is 0 Å². The molecule has 0 aromatic heterocycles. The second-order valence-electron chi connectivity index (χ2n) is 2.60. The molecule has 1 heteroatoms. The topological polar surface area (TPSA) is 26.0 Å². The van der Waals surface area contributed by atoms with E-state index in [0.29, 0.717) is 6.54 Å². The quantitative estimate of drug-likeness (QED) is 0.585. The molecule has 2 N–H and O–H groups in total. The number of rotatable bonds is 5. The van der Waals surface area contributed by atoms with Crippen molar-refractivity contribution in [1.29, 1.82) is 0 Å². The summed E-state index contributed by atoms with van der Waals surface area (Å²) in [5.41, 5.74) is 6.95. The van der Waals surface area contributed by atoms with Crippen LogP contribution in [0.15, 0.2) is 11.6 Å². The van der Waals surface area contributed by atoms with Gasteiger partial charge >= 0.3 is 0 Å². The van der Waals surface area contributed by atoms with Gasteiger partial charge in [-0.3, -0.25) is 0 Å². The first-order chi connectivity index (χ1) is 4.85. The van der Waals surface area contributed by atoms with Crippen LogP contribution in [0.25, 0.3) is 0 Å². The van der Waals surface area contributed by atoms with Crippen LogP contribution in [-0.4, -0.2) is 6.54 Å². The maximum atomic E-state index is 5.41. The summed E-state index contributed by atoms with van der Waals surface area (Å²) in [6.45, 7) is 5.12. The largest absolute Gasteiger partial charge is 0.327 e. The Labute approximate surface area is 64.3 Å². The molecule has 60 valence electrons. The summed E-state index contributed by atoms with van der Waals surface area (Å²) in [5, 5.41) is 0. The van der Waals surface area contributed by atoms with Crippen LogP contribution in [0.4, 0.5) is 0 Å². The van der Waals surface area contributed by atoms with Crippen LogP contribution in [0.2, 0.25) is 0 Å². The van der Waals surface area contributed by atoms with E-state index in [1.807, 2.05) is 0 Å². The molecule has 0 bridgehead atoms. The minimum atomic E-state index is 0.704. The SMILES string of the molecule is CCCC(=CCN)CCC. The molecule has 10 heavy (non-hydrogen) atoms. The van der Waals surface area contributed by atoms with Gasteiger partial charge in [-0.15, -0.1) is 0 Å². The normalized spacial score (nSPS) is 9.50. The third-order valence-corrected chi connectivity index (χ3v) is 1.55. The van der Waals surface area contributed by atoms with Crippen molar-refractivity contribution in [2.45, 2.75) is 39.5 Å². The summed E-state index contributed by atoms with van der Waals surface area (Å²) in [6.07, 6.45) is 7.10. The van der Waals surface area contributed by atoms with Crippen LogP contribution in [0.5, 0.6) is 0 Å². The van der Waals surface area contributed by atoms with Gasteiger partial charge in [0.1, 0.15) is 0 Å². The van der Waals surface area contributed by atoms with Gasteiger partial charge in [0.25, 0.3) is 0 Å². The summed E-state index contributed by atoms with van der Waals surface area (Å²) >= 11 is 0. The van der Waals surface area contributed by atoms with E-state index in [4.69, 9.17) is 5.73 Å². The molecule has 0 rings (SSSR count). The van der Waals surface area contributed by atoms with Gasteiger partial charge in [0, 0.05) is 6.54 Å².